The lowest BCUT2D eigenvalue weighted by molar-refractivity contribution is -0.119. The highest BCUT2D eigenvalue weighted by molar-refractivity contribution is 9.10. The van der Waals surface area contributed by atoms with Crippen LogP contribution in [0.25, 0.3) is 16.9 Å². The molecule has 0 aliphatic carbocycles. The number of para-hydroxylation sites is 1. The molecule has 4 rings (SSSR count). The van der Waals surface area contributed by atoms with Gasteiger partial charge < -0.3 is 15.3 Å². The molecule has 0 bridgehead atoms. The van der Waals surface area contributed by atoms with E-state index in [1.165, 1.54) is 0 Å². The fourth-order valence-corrected chi connectivity index (χ4v) is 3.85. The molecule has 1 amide bonds. The van der Waals surface area contributed by atoms with Crippen LogP contribution in [0.1, 0.15) is 12.8 Å². The van der Waals surface area contributed by atoms with E-state index in [4.69, 9.17) is 0 Å². The molecule has 7 nitrogen and oxygen atoms in total. The fraction of sp³-hybridized carbons (Fsp3) is 0.316. The van der Waals surface area contributed by atoms with Crippen LogP contribution in [0.3, 0.4) is 0 Å². The van der Waals surface area contributed by atoms with Crippen molar-refractivity contribution in [3.05, 3.63) is 41.0 Å². The van der Waals surface area contributed by atoms with E-state index < -0.39 is 0 Å². The summed E-state index contributed by atoms with van der Waals surface area (Å²) in [5.74, 6) is 1.37. The number of aromatic nitrogens is 3. The Bertz CT molecular complexity index is 974. The molecular formula is C19H20BrN5O2. The van der Waals surface area contributed by atoms with E-state index in [0.29, 0.717) is 22.8 Å². The molecule has 1 aromatic carbocycles. The Kier molecular flexibility index (Phi) is 4.98. The second-order valence-corrected chi connectivity index (χ2v) is 7.62. The van der Waals surface area contributed by atoms with Crippen molar-refractivity contribution in [2.24, 2.45) is 5.92 Å². The van der Waals surface area contributed by atoms with Gasteiger partial charge >= 0.3 is 0 Å². The molecule has 2 N–H and O–H groups in total. The SMILES string of the molecule is O=CN1CCCC(CNc2cc(-c3ccccc3O)nc3c(Br)cnn23)C1. The minimum absolute atomic E-state index is 0.185. The van der Waals surface area contributed by atoms with Crippen LogP contribution in [0.4, 0.5) is 5.82 Å². The molecule has 1 unspecified atom stereocenters. The zero-order chi connectivity index (χ0) is 18.8. The number of nitrogens with one attached hydrogen (secondary N) is 1. The Hall–Kier alpha value is -2.61. The molecule has 8 heteroatoms. The Morgan fingerprint density at radius 3 is 3.04 bits per heavy atom. The molecule has 1 saturated heterocycles. The lowest BCUT2D eigenvalue weighted by atomic mass is 9.98. The predicted octanol–water partition coefficient (Wildman–Crippen LogP) is 3.14. The molecule has 0 saturated carbocycles. The second kappa shape index (κ2) is 7.56. The van der Waals surface area contributed by atoms with E-state index in [2.05, 4.69) is 31.3 Å². The zero-order valence-electron chi connectivity index (χ0n) is 14.7. The molecule has 1 fully saturated rings. The number of piperidine rings is 1. The third kappa shape index (κ3) is 3.62. The Morgan fingerprint density at radius 2 is 2.22 bits per heavy atom. The molecule has 1 aliphatic rings. The lowest BCUT2D eigenvalue weighted by Crippen LogP contribution is -2.37. The normalized spacial score (nSPS) is 17.2. The van der Waals surface area contributed by atoms with Gasteiger partial charge in [0.15, 0.2) is 5.65 Å². The number of halogens is 1. The summed E-state index contributed by atoms with van der Waals surface area (Å²) in [5.41, 5.74) is 2.01. The van der Waals surface area contributed by atoms with Crippen molar-refractivity contribution in [2.45, 2.75) is 12.8 Å². The number of carbonyl (C=O) groups is 1. The Labute approximate surface area is 165 Å². The van der Waals surface area contributed by atoms with Gasteiger partial charge in [0.2, 0.25) is 6.41 Å². The van der Waals surface area contributed by atoms with Gasteiger partial charge in [0, 0.05) is 31.3 Å². The number of nitrogens with zero attached hydrogens (tertiary/aromatic N) is 4. The van der Waals surface area contributed by atoms with Gasteiger partial charge in [-0.2, -0.15) is 9.61 Å². The smallest absolute Gasteiger partial charge is 0.209 e. The van der Waals surface area contributed by atoms with Crippen molar-refractivity contribution in [1.29, 1.82) is 0 Å². The van der Waals surface area contributed by atoms with Gasteiger partial charge in [0.05, 0.1) is 16.4 Å². The van der Waals surface area contributed by atoms with E-state index in [9.17, 15) is 9.90 Å². The summed E-state index contributed by atoms with van der Waals surface area (Å²) in [5, 5.41) is 18.1. The first-order valence-electron chi connectivity index (χ1n) is 8.91. The topological polar surface area (TPSA) is 82.8 Å². The zero-order valence-corrected chi connectivity index (χ0v) is 16.3. The summed E-state index contributed by atoms with van der Waals surface area (Å²) in [6.45, 7) is 2.34. The summed E-state index contributed by atoms with van der Waals surface area (Å²) in [7, 11) is 0. The van der Waals surface area contributed by atoms with Crippen LogP contribution in [0.15, 0.2) is 41.0 Å². The largest absolute Gasteiger partial charge is 0.507 e. The molecule has 2 aromatic heterocycles. The molecule has 3 heterocycles. The maximum absolute atomic E-state index is 11.0. The number of carbonyl (C=O) groups excluding carboxylic acids is 1. The van der Waals surface area contributed by atoms with E-state index in [-0.39, 0.29) is 5.75 Å². The summed E-state index contributed by atoms with van der Waals surface area (Å²) < 4.78 is 2.53. The van der Waals surface area contributed by atoms with Crippen molar-refractivity contribution in [1.82, 2.24) is 19.5 Å². The molecular weight excluding hydrogens is 410 g/mol. The van der Waals surface area contributed by atoms with Crippen LogP contribution in [0.5, 0.6) is 5.75 Å². The number of hydrogen-bond donors (Lipinski definition) is 2. The van der Waals surface area contributed by atoms with Crippen LogP contribution < -0.4 is 5.32 Å². The predicted molar refractivity (Wildman–Crippen MR) is 107 cm³/mol. The van der Waals surface area contributed by atoms with E-state index in [1.54, 1.807) is 22.8 Å². The second-order valence-electron chi connectivity index (χ2n) is 6.76. The first-order valence-corrected chi connectivity index (χ1v) is 9.71. The summed E-state index contributed by atoms with van der Waals surface area (Å²) >= 11 is 3.49. The van der Waals surface area contributed by atoms with Crippen molar-refractivity contribution in [3.63, 3.8) is 0 Å². The van der Waals surface area contributed by atoms with Crippen molar-refractivity contribution >= 4 is 33.8 Å². The van der Waals surface area contributed by atoms with Gasteiger partial charge in [-0.1, -0.05) is 12.1 Å². The van der Waals surface area contributed by atoms with Gasteiger partial charge in [-0.05, 0) is 46.8 Å². The average molecular weight is 430 g/mol. The van der Waals surface area contributed by atoms with Crippen LogP contribution in [0.2, 0.25) is 0 Å². The maximum Gasteiger partial charge on any atom is 0.209 e. The van der Waals surface area contributed by atoms with Gasteiger partial charge in [-0.15, -0.1) is 0 Å². The highest BCUT2D eigenvalue weighted by Crippen LogP contribution is 2.31. The third-order valence-electron chi connectivity index (χ3n) is 4.88. The van der Waals surface area contributed by atoms with Crippen molar-refractivity contribution in [2.75, 3.05) is 25.0 Å². The van der Waals surface area contributed by atoms with Crippen LogP contribution in [0, 0.1) is 5.92 Å². The highest BCUT2D eigenvalue weighted by Gasteiger charge is 2.19. The third-order valence-corrected chi connectivity index (χ3v) is 5.44. The van der Waals surface area contributed by atoms with Gasteiger partial charge in [0.25, 0.3) is 0 Å². The number of benzene rings is 1. The highest BCUT2D eigenvalue weighted by atomic mass is 79.9. The number of rotatable bonds is 5. The molecule has 140 valence electrons. The summed E-state index contributed by atoms with van der Waals surface area (Å²) in [6.07, 6.45) is 4.74. The number of anilines is 1. The number of hydrogen-bond acceptors (Lipinski definition) is 5. The number of fused-ring (bicyclic) bond motifs is 1. The number of aromatic hydroxyl groups is 1. The standard InChI is InChI=1S/C19H20BrN5O2/c20-15-10-22-25-18(21-9-13-4-3-7-24(11-13)12-26)8-16(23-19(15)25)14-5-1-2-6-17(14)27/h1-2,5-6,8,10,12-13,21,27H,3-4,7,9,11H2. The van der Waals surface area contributed by atoms with Crippen LogP contribution in [-0.4, -0.2) is 50.6 Å². The fourth-order valence-electron chi connectivity index (χ4n) is 3.50. The number of likely N-dealkylation sites (tertiary alicyclic amines) is 1. The van der Waals surface area contributed by atoms with Crippen LogP contribution >= 0.6 is 15.9 Å². The monoisotopic (exact) mass is 429 g/mol. The van der Waals surface area contributed by atoms with Crippen LogP contribution in [-0.2, 0) is 4.79 Å². The van der Waals surface area contributed by atoms with E-state index in [1.807, 2.05) is 23.1 Å². The van der Waals surface area contributed by atoms with Crippen molar-refractivity contribution in [3.8, 4) is 17.0 Å². The Balaban J connectivity index is 1.65. The molecule has 3 aromatic rings. The van der Waals surface area contributed by atoms with Gasteiger partial charge in [0.1, 0.15) is 11.6 Å². The Morgan fingerprint density at radius 1 is 1.37 bits per heavy atom. The minimum atomic E-state index is 0.185. The minimum Gasteiger partial charge on any atom is -0.507 e. The van der Waals surface area contributed by atoms with Crippen molar-refractivity contribution < 1.29 is 9.90 Å². The van der Waals surface area contributed by atoms with Gasteiger partial charge in [-0.3, -0.25) is 4.79 Å². The summed E-state index contributed by atoms with van der Waals surface area (Å²) in [6, 6.07) is 9.03. The molecule has 1 atom stereocenters. The summed E-state index contributed by atoms with van der Waals surface area (Å²) in [4.78, 5) is 17.5. The average Bonchev–Trinajstić information content (AvgIpc) is 3.07. The molecule has 0 radical (unpaired) electrons. The lowest BCUT2D eigenvalue weighted by Gasteiger charge is -2.30. The van der Waals surface area contributed by atoms with E-state index >= 15 is 0 Å². The number of phenolic OH excluding ortho intramolecular Hbond substituents is 1. The van der Waals surface area contributed by atoms with Gasteiger partial charge in [-0.25, -0.2) is 4.98 Å². The molecule has 1 aliphatic heterocycles. The molecule has 27 heavy (non-hydrogen) atoms. The molecule has 0 spiro atoms. The number of phenols is 1. The van der Waals surface area contributed by atoms with E-state index in [0.717, 1.165) is 49.2 Å². The number of amides is 1. The first-order chi connectivity index (χ1) is 13.2. The maximum atomic E-state index is 11.0. The first kappa shape index (κ1) is 17.8. The quantitative estimate of drug-likeness (QED) is 0.608.